The van der Waals surface area contributed by atoms with Gasteiger partial charge in [0.1, 0.15) is 5.76 Å². The smallest absolute Gasteiger partial charge is 0.220 e. The first-order valence-electron chi connectivity index (χ1n) is 5.06. The predicted molar refractivity (Wildman–Crippen MR) is 63.0 cm³/mol. The van der Waals surface area contributed by atoms with Gasteiger partial charge in [-0.15, -0.1) is 11.3 Å². The molecule has 0 aliphatic rings. The van der Waals surface area contributed by atoms with Gasteiger partial charge in [-0.05, 0) is 23.6 Å². The molecule has 16 heavy (non-hydrogen) atoms. The number of carbonyl (C=O) groups excluding carboxylic acids is 1. The number of carbonyl (C=O) groups is 1. The Labute approximate surface area is 98.3 Å². The van der Waals surface area contributed by atoms with Crippen molar-refractivity contribution in [3.05, 3.63) is 46.5 Å². The standard InChI is InChI=1S/C12H13NO2S/c1-10(14)13(8-11-4-2-6-15-11)9-12-5-3-7-16-12/h2-7H,8-9H2,1H3. The summed E-state index contributed by atoms with van der Waals surface area (Å²) in [5.41, 5.74) is 0. The van der Waals surface area contributed by atoms with Crippen LogP contribution < -0.4 is 0 Å². The summed E-state index contributed by atoms with van der Waals surface area (Å²) in [5.74, 6) is 0.872. The van der Waals surface area contributed by atoms with Crippen LogP contribution >= 0.6 is 11.3 Å². The molecule has 2 aromatic heterocycles. The van der Waals surface area contributed by atoms with E-state index < -0.39 is 0 Å². The Kier molecular flexibility index (Phi) is 3.41. The predicted octanol–water partition coefficient (Wildman–Crippen LogP) is 2.89. The number of amides is 1. The van der Waals surface area contributed by atoms with E-state index in [1.165, 1.54) is 4.88 Å². The summed E-state index contributed by atoms with van der Waals surface area (Å²) in [6, 6.07) is 7.73. The maximum atomic E-state index is 11.5. The Balaban J connectivity index is 2.03. The second kappa shape index (κ2) is 4.99. The van der Waals surface area contributed by atoms with Gasteiger partial charge in [0.25, 0.3) is 0 Å². The minimum Gasteiger partial charge on any atom is -0.467 e. The zero-order valence-electron chi connectivity index (χ0n) is 9.05. The van der Waals surface area contributed by atoms with Crippen LogP contribution in [0.3, 0.4) is 0 Å². The number of hydrogen-bond donors (Lipinski definition) is 0. The molecule has 1 amide bonds. The summed E-state index contributed by atoms with van der Waals surface area (Å²) in [5, 5.41) is 2.01. The monoisotopic (exact) mass is 235 g/mol. The number of thiophene rings is 1. The molecule has 0 fully saturated rings. The average molecular weight is 235 g/mol. The van der Waals surface area contributed by atoms with Crippen LogP contribution in [0.15, 0.2) is 40.3 Å². The Morgan fingerprint density at radius 2 is 2.25 bits per heavy atom. The zero-order valence-corrected chi connectivity index (χ0v) is 9.87. The Morgan fingerprint density at radius 1 is 1.38 bits per heavy atom. The lowest BCUT2D eigenvalue weighted by Crippen LogP contribution is -2.27. The third-order valence-corrected chi connectivity index (χ3v) is 3.16. The van der Waals surface area contributed by atoms with Crippen LogP contribution in [-0.2, 0) is 17.9 Å². The fraction of sp³-hybridized carbons (Fsp3) is 0.250. The van der Waals surface area contributed by atoms with Crippen LogP contribution in [0.5, 0.6) is 0 Å². The molecule has 0 N–H and O–H groups in total. The van der Waals surface area contributed by atoms with E-state index in [1.807, 2.05) is 29.6 Å². The summed E-state index contributed by atoms with van der Waals surface area (Å²) in [4.78, 5) is 14.4. The molecular weight excluding hydrogens is 222 g/mol. The van der Waals surface area contributed by atoms with Gasteiger partial charge in [-0.1, -0.05) is 6.07 Å². The van der Waals surface area contributed by atoms with Crippen molar-refractivity contribution >= 4 is 17.2 Å². The molecule has 0 aromatic carbocycles. The number of rotatable bonds is 4. The van der Waals surface area contributed by atoms with Crippen molar-refractivity contribution in [1.29, 1.82) is 0 Å². The largest absolute Gasteiger partial charge is 0.467 e. The number of hydrogen-bond acceptors (Lipinski definition) is 3. The van der Waals surface area contributed by atoms with Gasteiger partial charge in [-0.25, -0.2) is 0 Å². The van der Waals surface area contributed by atoms with Crippen molar-refractivity contribution in [1.82, 2.24) is 4.90 Å². The van der Waals surface area contributed by atoms with Crippen LogP contribution in [0.1, 0.15) is 17.6 Å². The fourth-order valence-corrected chi connectivity index (χ4v) is 2.18. The van der Waals surface area contributed by atoms with E-state index in [1.54, 1.807) is 29.4 Å². The second-order valence-electron chi connectivity index (χ2n) is 3.53. The summed E-state index contributed by atoms with van der Waals surface area (Å²) >= 11 is 1.66. The Bertz CT molecular complexity index is 397. The first-order valence-corrected chi connectivity index (χ1v) is 5.94. The van der Waals surface area contributed by atoms with E-state index in [2.05, 4.69) is 0 Å². The van der Waals surface area contributed by atoms with Crippen molar-refractivity contribution in [3.8, 4) is 0 Å². The molecule has 0 radical (unpaired) electrons. The topological polar surface area (TPSA) is 33.5 Å². The van der Waals surface area contributed by atoms with E-state index in [0.29, 0.717) is 13.1 Å². The third-order valence-electron chi connectivity index (χ3n) is 2.30. The van der Waals surface area contributed by atoms with Crippen molar-refractivity contribution in [3.63, 3.8) is 0 Å². The van der Waals surface area contributed by atoms with Crippen molar-refractivity contribution < 1.29 is 9.21 Å². The zero-order chi connectivity index (χ0) is 11.4. The lowest BCUT2D eigenvalue weighted by molar-refractivity contribution is -0.130. The first kappa shape index (κ1) is 11.0. The van der Waals surface area contributed by atoms with Gasteiger partial charge in [-0.3, -0.25) is 4.79 Å². The molecule has 0 saturated carbocycles. The van der Waals surface area contributed by atoms with Gasteiger partial charge in [0.05, 0.1) is 19.4 Å². The SMILES string of the molecule is CC(=O)N(Cc1ccco1)Cc1cccs1. The second-order valence-corrected chi connectivity index (χ2v) is 4.57. The normalized spacial score (nSPS) is 10.3. The molecule has 84 valence electrons. The molecule has 0 saturated heterocycles. The van der Waals surface area contributed by atoms with Crippen molar-refractivity contribution in [2.45, 2.75) is 20.0 Å². The molecule has 0 aliphatic carbocycles. The summed E-state index contributed by atoms with van der Waals surface area (Å²) in [7, 11) is 0. The molecule has 2 aromatic rings. The highest BCUT2D eigenvalue weighted by molar-refractivity contribution is 7.09. The van der Waals surface area contributed by atoms with Gasteiger partial charge >= 0.3 is 0 Å². The first-order chi connectivity index (χ1) is 7.75. The number of nitrogens with zero attached hydrogens (tertiary/aromatic N) is 1. The van der Waals surface area contributed by atoms with E-state index in [4.69, 9.17) is 4.42 Å². The highest BCUT2D eigenvalue weighted by atomic mass is 32.1. The Morgan fingerprint density at radius 3 is 2.81 bits per heavy atom. The third kappa shape index (κ3) is 2.73. The van der Waals surface area contributed by atoms with Crippen LogP contribution in [0.25, 0.3) is 0 Å². The molecule has 0 aliphatic heterocycles. The highest BCUT2D eigenvalue weighted by Gasteiger charge is 2.11. The molecule has 0 unspecified atom stereocenters. The average Bonchev–Trinajstić information content (AvgIpc) is 2.88. The molecule has 3 nitrogen and oxygen atoms in total. The lowest BCUT2D eigenvalue weighted by Gasteiger charge is -2.18. The van der Waals surface area contributed by atoms with E-state index >= 15 is 0 Å². The van der Waals surface area contributed by atoms with Crippen LogP contribution in [0.2, 0.25) is 0 Å². The summed E-state index contributed by atoms with van der Waals surface area (Å²) in [6.45, 7) is 2.75. The van der Waals surface area contributed by atoms with Crippen LogP contribution in [0, 0.1) is 0 Å². The summed E-state index contributed by atoms with van der Waals surface area (Å²) in [6.07, 6.45) is 1.62. The number of furan rings is 1. The minimum atomic E-state index is 0.0600. The van der Waals surface area contributed by atoms with E-state index in [9.17, 15) is 4.79 Å². The van der Waals surface area contributed by atoms with Crippen molar-refractivity contribution in [2.24, 2.45) is 0 Å². The van der Waals surface area contributed by atoms with Gasteiger partial charge in [-0.2, -0.15) is 0 Å². The quantitative estimate of drug-likeness (QED) is 0.816. The van der Waals surface area contributed by atoms with Gasteiger partial charge in [0.2, 0.25) is 5.91 Å². The van der Waals surface area contributed by atoms with Crippen LogP contribution in [0.4, 0.5) is 0 Å². The maximum Gasteiger partial charge on any atom is 0.220 e. The van der Waals surface area contributed by atoms with Crippen molar-refractivity contribution in [2.75, 3.05) is 0 Å². The molecule has 4 heteroatoms. The minimum absolute atomic E-state index is 0.0600. The van der Waals surface area contributed by atoms with Crippen LogP contribution in [-0.4, -0.2) is 10.8 Å². The van der Waals surface area contributed by atoms with Gasteiger partial charge < -0.3 is 9.32 Å². The fourth-order valence-electron chi connectivity index (χ4n) is 1.46. The molecule has 0 spiro atoms. The summed E-state index contributed by atoms with van der Waals surface area (Å²) < 4.78 is 5.24. The Hall–Kier alpha value is -1.55. The molecule has 2 rings (SSSR count). The molecule has 0 bridgehead atoms. The lowest BCUT2D eigenvalue weighted by atomic mass is 10.3. The molecule has 0 atom stereocenters. The molecular formula is C12H13NO2S. The van der Waals surface area contributed by atoms with Gasteiger partial charge in [0, 0.05) is 11.8 Å². The molecule has 2 heterocycles. The highest BCUT2D eigenvalue weighted by Crippen LogP contribution is 2.14. The van der Waals surface area contributed by atoms with E-state index in [-0.39, 0.29) is 5.91 Å². The van der Waals surface area contributed by atoms with E-state index in [0.717, 1.165) is 5.76 Å². The van der Waals surface area contributed by atoms with Gasteiger partial charge in [0.15, 0.2) is 0 Å². The maximum absolute atomic E-state index is 11.5.